The van der Waals surface area contributed by atoms with E-state index in [2.05, 4.69) is 31.2 Å². The fourth-order valence-electron chi connectivity index (χ4n) is 3.56. The minimum Gasteiger partial charge on any atom is -0.497 e. The van der Waals surface area contributed by atoms with E-state index in [1.807, 2.05) is 42.5 Å². The van der Waals surface area contributed by atoms with Crippen LogP contribution in [0.3, 0.4) is 0 Å². The van der Waals surface area contributed by atoms with Gasteiger partial charge in [-0.15, -0.1) is 0 Å². The van der Waals surface area contributed by atoms with Crippen molar-refractivity contribution in [2.24, 2.45) is 0 Å². The number of ether oxygens (including phenoxy) is 1. The normalized spacial score (nSPS) is 13.9. The summed E-state index contributed by atoms with van der Waals surface area (Å²) in [6.07, 6.45) is 1.56. The highest BCUT2D eigenvalue weighted by Crippen LogP contribution is 2.28. The third-order valence-corrected chi connectivity index (χ3v) is 5.47. The molecule has 0 unspecified atom stereocenters. The van der Waals surface area contributed by atoms with Crippen LogP contribution in [0.5, 0.6) is 5.75 Å². The molecule has 0 aliphatic carbocycles. The summed E-state index contributed by atoms with van der Waals surface area (Å²) < 4.78 is 5.20. The van der Waals surface area contributed by atoms with E-state index in [1.54, 1.807) is 13.4 Å². The molecule has 1 aromatic heterocycles. The topological polar surface area (TPSA) is 79.5 Å². The SMILES string of the molecule is COc1ccc(CNc2ncnc(N3CCN(c4cccc(Cl)c4)CC3)c2N)cc1. The van der Waals surface area contributed by atoms with Crippen molar-refractivity contribution in [1.29, 1.82) is 0 Å². The molecular formula is C22H25ClN6O. The molecule has 0 amide bonds. The van der Waals surface area contributed by atoms with Crippen molar-refractivity contribution >= 4 is 34.6 Å². The van der Waals surface area contributed by atoms with Crippen molar-refractivity contribution < 1.29 is 4.74 Å². The standard InChI is InChI=1S/C22H25ClN6O/c1-30-19-7-5-16(6-8-19)14-25-21-20(24)22(27-15-26-21)29-11-9-28(10-12-29)18-4-2-3-17(23)13-18/h2-8,13,15H,9-12,14,24H2,1H3,(H,25,26,27). The Morgan fingerprint density at radius 3 is 2.47 bits per heavy atom. The first-order chi connectivity index (χ1) is 14.6. The van der Waals surface area contributed by atoms with Crippen molar-refractivity contribution in [3.63, 3.8) is 0 Å². The lowest BCUT2D eigenvalue weighted by molar-refractivity contribution is 0.414. The Bertz CT molecular complexity index is 989. The smallest absolute Gasteiger partial charge is 0.157 e. The van der Waals surface area contributed by atoms with Gasteiger partial charge in [0.2, 0.25) is 0 Å². The van der Waals surface area contributed by atoms with E-state index in [0.717, 1.165) is 54.0 Å². The molecular weight excluding hydrogens is 400 g/mol. The number of nitrogens with one attached hydrogen (secondary N) is 1. The average Bonchev–Trinajstić information content (AvgIpc) is 2.79. The highest BCUT2D eigenvalue weighted by Gasteiger charge is 2.21. The van der Waals surface area contributed by atoms with Crippen LogP contribution in [-0.2, 0) is 6.54 Å². The molecule has 0 atom stereocenters. The van der Waals surface area contributed by atoms with Crippen LogP contribution in [-0.4, -0.2) is 43.3 Å². The lowest BCUT2D eigenvalue weighted by Crippen LogP contribution is -2.47. The van der Waals surface area contributed by atoms with Gasteiger partial charge in [0.1, 0.15) is 17.8 Å². The zero-order valence-corrected chi connectivity index (χ0v) is 17.6. The second-order valence-electron chi connectivity index (χ2n) is 7.12. The van der Waals surface area contributed by atoms with Crippen molar-refractivity contribution in [2.45, 2.75) is 6.54 Å². The molecule has 156 valence electrons. The van der Waals surface area contributed by atoms with Crippen molar-refractivity contribution in [3.8, 4) is 5.75 Å². The number of nitrogens with two attached hydrogens (primary N) is 1. The van der Waals surface area contributed by atoms with Gasteiger partial charge in [-0.25, -0.2) is 9.97 Å². The Balaban J connectivity index is 1.40. The maximum atomic E-state index is 6.41. The highest BCUT2D eigenvalue weighted by molar-refractivity contribution is 6.30. The number of nitrogen functional groups attached to an aromatic ring is 1. The Kier molecular flexibility index (Phi) is 6.09. The van der Waals surface area contributed by atoms with Gasteiger partial charge in [-0.2, -0.15) is 0 Å². The molecule has 0 saturated carbocycles. The maximum Gasteiger partial charge on any atom is 0.157 e. The molecule has 2 aromatic carbocycles. The first-order valence-electron chi connectivity index (χ1n) is 9.87. The molecule has 4 rings (SSSR count). The average molecular weight is 425 g/mol. The number of hydrogen-bond donors (Lipinski definition) is 2. The van der Waals surface area contributed by atoms with Crippen LogP contribution >= 0.6 is 11.6 Å². The van der Waals surface area contributed by atoms with Crippen LogP contribution in [0.25, 0.3) is 0 Å². The summed E-state index contributed by atoms with van der Waals surface area (Å²) in [5.41, 5.74) is 9.24. The molecule has 1 fully saturated rings. The van der Waals surface area contributed by atoms with Crippen LogP contribution in [0.1, 0.15) is 5.56 Å². The van der Waals surface area contributed by atoms with E-state index in [-0.39, 0.29) is 0 Å². The molecule has 8 heteroatoms. The van der Waals surface area contributed by atoms with Gasteiger partial charge in [-0.3, -0.25) is 0 Å². The summed E-state index contributed by atoms with van der Waals surface area (Å²) in [6, 6.07) is 15.9. The van der Waals surface area contributed by atoms with Crippen LogP contribution in [0.2, 0.25) is 5.02 Å². The fraction of sp³-hybridized carbons (Fsp3) is 0.273. The van der Waals surface area contributed by atoms with E-state index in [9.17, 15) is 0 Å². The summed E-state index contributed by atoms with van der Waals surface area (Å²) in [6.45, 7) is 4.02. The van der Waals surface area contributed by atoms with Crippen LogP contribution in [0.15, 0.2) is 54.9 Å². The van der Waals surface area contributed by atoms with Gasteiger partial charge in [0.05, 0.1) is 7.11 Å². The predicted octanol–water partition coefficient (Wildman–Crippen LogP) is 3.66. The monoisotopic (exact) mass is 424 g/mol. The van der Waals surface area contributed by atoms with E-state index in [4.69, 9.17) is 22.1 Å². The highest BCUT2D eigenvalue weighted by atomic mass is 35.5. The predicted molar refractivity (Wildman–Crippen MR) is 123 cm³/mol. The molecule has 1 aliphatic heterocycles. The van der Waals surface area contributed by atoms with Crippen LogP contribution in [0.4, 0.5) is 23.0 Å². The molecule has 0 spiro atoms. The maximum absolute atomic E-state index is 6.41. The number of halogens is 1. The summed E-state index contributed by atoms with van der Waals surface area (Å²) in [5, 5.41) is 4.07. The zero-order valence-electron chi connectivity index (χ0n) is 16.9. The molecule has 3 aromatic rings. The zero-order chi connectivity index (χ0) is 20.9. The number of anilines is 4. The number of hydrogen-bond acceptors (Lipinski definition) is 7. The van der Waals surface area contributed by atoms with Gasteiger partial charge in [0, 0.05) is 43.4 Å². The van der Waals surface area contributed by atoms with E-state index in [1.165, 1.54) is 0 Å². The van der Waals surface area contributed by atoms with Gasteiger partial charge in [0.15, 0.2) is 11.6 Å². The Labute approximate surface area is 181 Å². The summed E-state index contributed by atoms with van der Waals surface area (Å²) in [5.74, 6) is 2.25. The molecule has 1 saturated heterocycles. The Hall–Kier alpha value is -3.19. The quantitative estimate of drug-likeness (QED) is 0.625. The van der Waals surface area contributed by atoms with E-state index in [0.29, 0.717) is 18.1 Å². The van der Waals surface area contributed by atoms with Gasteiger partial charge in [-0.1, -0.05) is 29.8 Å². The third kappa shape index (κ3) is 4.52. The summed E-state index contributed by atoms with van der Waals surface area (Å²) in [7, 11) is 1.66. The lowest BCUT2D eigenvalue weighted by Gasteiger charge is -2.37. The number of aromatic nitrogens is 2. The van der Waals surface area contributed by atoms with Crippen molar-refractivity contribution in [3.05, 3.63) is 65.4 Å². The van der Waals surface area contributed by atoms with Gasteiger partial charge in [-0.05, 0) is 35.9 Å². The van der Waals surface area contributed by atoms with Crippen LogP contribution < -0.4 is 25.6 Å². The minimum absolute atomic E-state index is 0.571. The van der Waals surface area contributed by atoms with Gasteiger partial charge in [0.25, 0.3) is 0 Å². The van der Waals surface area contributed by atoms with Gasteiger partial charge >= 0.3 is 0 Å². The largest absolute Gasteiger partial charge is 0.497 e. The number of benzene rings is 2. The number of piperazine rings is 1. The Morgan fingerprint density at radius 1 is 1.03 bits per heavy atom. The summed E-state index contributed by atoms with van der Waals surface area (Å²) in [4.78, 5) is 13.3. The van der Waals surface area contributed by atoms with Crippen molar-refractivity contribution in [1.82, 2.24) is 9.97 Å². The number of methoxy groups -OCH3 is 1. The van der Waals surface area contributed by atoms with E-state index >= 15 is 0 Å². The Morgan fingerprint density at radius 2 is 1.77 bits per heavy atom. The number of rotatable bonds is 6. The molecule has 0 bridgehead atoms. The number of nitrogens with zero attached hydrogens (tertiary/aromatic N) is 4. The molecule has 1 aliphatic rings. The molecule has 7 nitrogen and oxygen atoms in total. The van der Waals surface area contributed by atoms with Crippen molar-refractivity contribution in [2.75, 3.05) is 54.1 Å². The third-order valence-electron chi connectivity index (χ3n) is 5.23. The lowest BCUT2D eigenvalue weighted by atomic mass is 10.2. The molecule has 2 heterocycles. The fourth-order valence-corrected chi connectivity index (χ4v) is 3.74. The second kappa shape index (κ2) is 9.09. The van der Waals surface area contributed by atoms with E-state index < -0.39 is 0 Å². The minimum atomic E-state index is 0.571. The molecule has 30 heavy (non-hydrogen) atoms. The first-order valence-corrected chi connectivity index (χ1v) is 10.2. The first kappa shape index (κ1) is 20.1. The molecule has 3 N–H and O–H groups in total. The van der Waals surface area contributed by atoms with Crippen LogP contribution in [0, 0.1) is 0 Å². The second-order valence-corrected chi connectivity index (χ2v) is 7.55. The summed E-state index contributed by atoms with van der Waals surface area (Å²) >= 11 is 6.13. The molecule has 0 radical (unpaired) electrons. The van der Waals surface area contributed by atoms with Gasteiger partial charge < -0.3 is 25.6 Å².